The number of anilines is 2. The topological polar surface area (TPSA) is 88.2 Å². The van der Waals surface area contributed by atoms with Crippen molar-refractivity contribution in [1.29, 1.82) is 0 Å². The Kier molecular flexibility index (Phi) is 8.06. The maximum absolute atomic E-state index is 13.1. The van der Waals surface area contributed by atoms with Crippen molar-refractivity contribution in [3.63, 3.8) is 0 Å². The Morgan fingerprint density at radius 1 is 1.16 bits per heavy atom. The first kappa shape index (κ1) is 27.6. The molecule has 1 atom stereocenters. The summed E-state index contributed by atoms with van der Waals surface area (Å²) < 4.78 is 10.8. The summed E-state index contributed by atoms with van der Waals surface area (Å²) in [6.45, 7) is 9.49. The van der Waals surface area contributed by atoms with Crippen molar-refractivity contribution in [3.05, 3.63) is 52.4 Å². The quantitative estimate of drug-likeness (QED) is 0.421. The Morgan fingerprint density at radius 3 is 2.50 bits per heavy atom. The van der Waals surface area contributed by atoms with Gasteiger partial charge in [0.2, 0.25) is 5.91 Å². The third-order valence-corrected chi connectivity index (χ3v) is 7.93. The monoisotopic (exact) mass is 537 g/mol. The van der Waals surface area contributed by atoms with Gasteiger partial charge in [0.05, 0.1) is 19.1 Å². The Balaban J connectivity index is 1.56. The van der Waals surface area contributed by atoms with E-state index in [1.165, 1.54) is 5.56 Å². The number of amides is 3. The van der Waals surface area contributed by atoms with Crippen LogP contribution in [0.4, 0.5) is 16.2 Å². The summed E-state index contributed by atoms with van der Waals surface area (Å²) >= 11 is 0.832. The Hall–Kier alpha value is -3.46. The molecular weight excluding hydrogens is 502 g/mol. The van der Waals surface area contributed by atoms with Crippen LogP contribution in [0.1, 0.15) is 57.6 Å². The number of rotatable bonds is 8. The fourth-order valence-corrected chi connectivity index (χ4v) is 6.09. The molecule has 0 bridgehead atoms. The molecule has 0 aliphatic carbocycles. The van der Waals surface area contributed by atoms with Gasteiger partial charge in [-0.25, -0.2) is 0 Å². The summed E-state index contributed by atoms with van der Waals surface area (Å²) in [5.41, 5.74) is 3.65. The Morgan fingerprint density at radius 2 is 1.87 bits per heavy atom. The van der Waals surface area contributed by atoms with Crippen LogP contribution in [-0.4, -0.2) is 54.8 Å². The maximum Gasteiger partial charge on any atom is 0.294 e. The Bertz CT molecular complexity index is 1270. The van der Waals surface area contributed by atoms with Crippen molar-refractivity contribution in [2.75, 3.05) is 37.5 Å². The summed E-state index contributed by atoms with van der Waals surface area (Å²) in [7, 11) is 3.17. The van der Waals surface area contributed by atoms with E-state index in [4.69, 9.17) is 9.47 Å². The van der Waals surface area contributed by atoms with Crippen LogP contribution in [0.5, 0.6) is 11.5 Å². The molecule has 2 aliphatic heterocycles. The molecule has 2 aliphatic rings. The minimum atomic E-state index is -0.494. The zero-order valence-corrected chi connectivity index (χ0v) is 23.6. The summed E-state index contributed by atoms with van der Waals surface area (Å²) in [4.78, 5) is 42.0. The molecule has 2 heterocycles. The third-order valence-electron chi connectivity index (χ3n) is 7.02. The first-order chi connectivity index (χ1) is 18.1. The number of ether oxygens (including phenoxy) is 2. The van der Waals surface area contributed by atoms with Gasteiger partial charge in [0.15, 0.2) is 0 Å². The van der Waals surface area contributed by atoms with E-state index in [-0.39, 0.29) is 17.0 Å². The molecular formula is C29H35N3O5S. The second kappa shape index (κ2) is 11.1. The van der Waals surface area contributed by atoms with E-state index in [9.17, 15) is 14.4 Å². The molecule has 8 nitrogen and oxygen atoms in total. The van der Waals surface area contributed by atoms with Crippen molar-refractivity contribution in [2.24, 2.45) is 0 Å². The van der Waals surface area contributed by atoms with Crippen molar-refractivity contribution in [2.45, 2.75) is 52.0 Å². The number of hydrogen-bond donors (Lipinski definition) is 1. The standard InChI is InChI=1S/C29H35N3O5S/c1-7-12-32-23-15-24(37-6)19(13-22(23)18(2)16-29(32,3)4)14-25-27(34)31(28(35)38-25)17-26(33)30-20-8-10-21(36-5)11-9-20/h8-11,13-15,18H,7,12,16-17H2,1-6H3,(H,30,33)/b25-14+. The van der Waals surface area contributed by atoms with E-state index in [1.54, 1.807) is 44.6 Å². The minimum Gasteiger partial charge on any atom is -0.497 e. The predicted octanol–water partition coefficient (Wildman–Crippen LogP) is 5.88. The molecule has 0 aromatic heterocycles. The fraction of sp³-hybridized carbons (Fsp3) is 0.414. The number of benzene rings is 2. The first-order valence-corrected chi connectivity index (χ1v) is 13.6. The third kappa shape index (κ3) is 5.53. The molecule has 2 aromatic rings. The summed E-state index contributed by atoms with van der Waals surface area (Å²) in [5.74, 6) is 0.665. The molecule has 1 unspecified atom stereocenters. The van der Waals surface area contributed by atoms with Gasteiger partial charge in [-0.2, -0.15) is 0 Å². The molecule has 0 saturated carbocycles. The number of nitrogens with zero attached hydrogens (tertiary/aromatic N) is 2. The van der Waals surface area contributed by atoms with E-state index in [0.29, 0.717) is 23.1 Å². The van der Waals surface area contributed by atoms with Gasteiger partial charge in [0.25, 0.3) is 11.1 Å². The van der Waals surface area contributed by atoms with Crippen LogP contribution in [0.2, 0.25) is 0 Å². The molecule has 1 N–H and O–H groups in total. The lowest BCUT2D eigenvalue weighted by atomic mass is 9.79. The molecule has 1 fully saturated rings. The van der Waals surface area contributed by atoms with Crippen LogP contribution in [0, 0.1) is 0 Å². The highest BCUT2D eigenvalue weighted by Crippen LogP contribution is 2.46. The van der Waals surface area contributed by atoms with Crippen molar-refractivity contribution in [3.8, 4) is 11.5 Å². The lowest BCUT2D eigenvalue weighted by Gasteiger charge is -2.47. The molecule has 1 saturated heterocycles. The van der Waals surface area contributed by atoms with Gasteiger partial charge in [-0.05, 0) is 86.3 Å². The van der Waals surface area contributed by atoms with Crippen molar-refractivity contribution in [1.82, 2.24) is 4.90 Å². The molecule has 0 spiro atoms. The number of carbonyl (C=O) groups is 3. The van der Waals surface area contributed by atoms with Gasteiger partial charge in [0, 0.05) is 35.1 Å². The van der Waals surface area contributed by atoms with E-state index in [0.717, 1.165) is 47.3 Å². The molecule has 202 valence electrons. The van der Waals surface area contributed by atoms with Crippen LogP contribution < -0.4 is 19.7 Å². The highest BCUT2D eigenvalue weighted by atomic mass is 32.2. The zero-order chi connectivity index (χ0) is 27.6. The van der Waals surface area contributed by atoms with Crippen LogP contribution >= 0.6 is 11.8 Å². The second-order valence-corrected chi connectivity index (χ2v) is 11.3. The molecule has 4 rings (SSSR count). The number of imide groups is 1. The predicted molar refractivity (Wildman–Crippen MR) is 152 cm³/mol. The summed E-state index contributed by atoms with van der Waals surface area (Å²) in [5, 5.41) is 2.23. The van der Waals surface area contributed by atoms with Gasteiger partial charge in [0.1, 0.15) is 18.0 Å². The van der Waals surface area contributed by atoms with E-state index in [2.05, 4.69) is 44.0 Å². The van der Waals surface area contributed by atoms with Gasteiger partial charge in [-0.1, -0.05) is 13.8 Å². The molecule has 2 aromatic carbocycles. The minimum absolute atomic E-state index is 0.0179. The van der Waals surface area contributed by atoms with Crippen LogP contribution in [0.15, 0.2) is 41.3 Å². The largest absolute Gasteiger partial charge is 0.497 e. The number of fused-ring (bicyclic) bond motifs is 1. The molecule has 0 radical (unpaired) electrons. The highest BCUT2D eigenvalue weighted by molar-refractivity contribution is 8.18. The lowest BCUT2D eigenvalue weighted by molar-refractivity contribution is -0.127. The first-order valence-electron chi connectivity index (χ1n) is 12.8. The smallest absolute Gasteiger partial charge is 0.294 e. The van der Waals surface area contributed by atoms with E-state index < -0.39 is 17.1 Å². The van der Waals surface area contributed by atoms with Gasteiger partial charge < -0.3 is 19.7 Å². The summed E-state index contributed by atoms with van der Waals surface area (Å²) in [6, 6.07) is 10.9. The second-order valence-electron chi connectivity index (χ2n) is 10.3. The number of hydrogen-bond acceptors (Lipinski definition) is 7. The normalized spacial score (nSPS) is 19.5. The maximum atomic E-state index is 13.1. The van der Waals surface area contributed by atoms with Crippen LogP contribution in [0.3, 0.4) is 0 Å². The zero-order valence-electron chi connectivity index (χ0n) is 22.8. The van der Waals surface area contributed by atoms with Crippen LogP contribution in [0.25, 0.3) is 6.08 Å². The SMILES string of the molecule is CCCN1c2cc(OC)c(/C=C3/SC(=O)N(CC(=O)Nc4ccc(OC)cc4)C3=O)cc2C(C)CC1(C)C. The van der Waals surface area contributed by atoms with Crippen LogP contribution in [-0.2, 0) is 9.59 Å². The molecule has 9 heteroatoms. The highest BCUT2D eigenvalue weighted by Gasteiger charge is 2.38. The molecule has 3 amide bonds. The molecule has 38 heavy (non-hydrogen) atoms. The Labute approximate surface area is 228 Å². The van der Waals surface area contributed by atoms with E-state index >= 15 is 0 Å². The number of carbonyl (C=O) groups excluding carboxylic acids is 3. The average molecular weight is 538 g/mol. The van der Waals surface area contributed by atoms with Gasteiger partial charge in [-0.3, -0.25) is 19.3 Å². The average Bonchev–Trinajstić information content (AvgIpc) is 3.13. The number of thioether (sulfide) groups is 1. The summed E-state index contributed by atoms with van der Waals surface area (Å²) in [6.07, 6.45) is 3.73. The van der Waals surface area contributed by atoms with Gasteiger partial charge >= 0.3 is 0 Å². The lowest BCUT2D eigenvalue weighted by Crippen LogP contribution is -2.48. The fourth-order valence-electron chi connectivity index (χ4n) is 5.26. The van der Waals surface area contributed by atoms with Crippen molar-refractivity contribution >= 4 is 46.3 Å². The number of methoxy groups -OCH3 is 2. The van der Waals surface area contributed by atoms with Crippen molar-refractivity contribution < 1.29 is 23.9 Å². The van der Waals surface area contributed by atoms with E-state index in [1.807, 2.05) is 6.07 Å². The van der Waals surface area contributed by atoms with Gasteiger partial charge in [-0.15, -0.1) is 0 Å². The number of nitrogens with one attached hydrogen (secondary N) is 1.